The van der Waals surface area contributed by atoms with Gasteiger partial charge in [-0.25, -0.2) is 4.79 Å². The molecule has 26 heavy (non-hydrogen) atoms. The van der Waals surface area contributed by atoms with Gasteiger partial charge in [0.2, 0.25) is 0 Å². The van der Waals surface area contributed by atoms with Gasteiger partial charge in [-0.3, -0.25) is 4.90 Å². The van der Waals surface area contributed by atoms with Gasteiger partial charge in [0, 0.05) is 50.6 Å². The van der Waals surface area contributed by atoms with Crippen molar-refractivity contribution in [3.05, 3.63) is 54.6 Å². The number of hydrogen-bond acceptors (Lipinski definition) is 4. The maximum absolute atomic E-state index is 11.9. The zero-order chi connectivity index (χ0) is 18.2. The number of urea groups is 1. The average molecular weight is 354 g/mol. The molecule has 6 nitrogen and oxygen atoms in total. The minimum absolute atomic E-state index is 0.159. The van der Waals surface area contributed by atoms with Crippen molar-refractivity contribution in [3.63, 3.8) is 0 Å². The highest BCUT2D eigenvalue weighted by atomic mass is 16.5. The third-order valence-corrected chi connectivity index (χ3v) is 4.56. The van der Waals surface area contributed by atoms with Crippen molar-refractivity contribution < 1.29 is 9.53 Å². The normalized spacial score (nSPS) is 14.7. The van der Waals surface area contributed by atoms with Crippen LogP contribution in [-0.4, -0.2) is 57.3 Å². The first-order valence-electron chi connectivity index (χ1n) is 8.96. The van der Waals surface area contributed by atoms with Crippen LogP contribution in [0.3, 0.4) is 0 Å². The van der Waals surface area contributed by atoms with E-state index in [2.05, 4.69) is 32.6 Å². The molecule has 1 aliphatic rings. The van der Waals surface area contributed by atoms with E-state index in [1.165, 1.54) is 5.69 Å². The van der Waals surface area contributed by atoms with Crippen LogP contribution in [0.5, 0.6) is 5.75 Å². The Bertz CT molecular complexity index is 683. The SMILES string of the molecule is COc1ccc(N2CCN(CCNC(=O)Nc3ccccc3)CC2)cc1. The van der Waals surface area contributed by atoms with Gasteiger partial charge < -0.3 is 20.3 Å². The van der Waals surface area contributed by atoms with Crippen molar-refractivity contribution in [1.29, 1.82) is 0 Å². The molecule has 6 heteroatoms. The van der Waals surface area contributed by atoms with Crippen molar-refractivity contribution in [2.75, 3.05) is 56.6 Å². The van der Waals surface area contributed by atoms with Crippen LogP contribution >= 0.6 is 0 Å². The number of carbonyl (C=O) groups excluding carboxylic acids is 1. The van der Waals surface area contributed by atoms with Crippen LogP contribution in [0.25, 0.3) is 0 Å². The number of piperazine rings is 1. The van der Waals surface area contributed by atoms with Crippen molar-refractivity contribution in [2.24, 2.45) is 0 Å². The van der Waals surface area contributed by atoms with Gasteiger partial charge in [0.05, 0.1) is 7.11 Å². The number of hydrogen-bond donors (Lipinski definition) is 2. The fraction of sp³-hybridized carbons (Fsp3) is 0.350. The van der Waals surface area contributed by atoms with Gasteiger partial charge in [0.25, 0.3) is 0 Å². The Hall–Kier alpha value is -2.73. The number of benzene rings is 2. The lowest BCUT2D eigenvalue weighted by Gasteiger charge is -2.36. The van der Waals surface area contributed by atoms with E-state index in [4.69, 9.17) is 4.74 Å². The molecule has 0 spiro atoms. The molecular weight excluding hydrogens is 328 g/mol. The Morgan fingerprint density at radius 2 is 1.69 bits per heavy atom. The minimum atomic E-state index is -0.159. The number of para-hydroxylation sites is 1. The second-order valence-corrected chi connectivity index (χ2v) is 6.27. The van der Waals surface area contributed by atoms with E-state index in [0.29, 0.717) is 6.54 Å². The smallest absolute Gasteiger partial charge is 0.319 e. The largest absolute Gasteiger partial charge is 0.497 e. The summed E-state index contributed by atoms with van der Waals surface area (Å²) in [4.78, 5) is 16.6. The quantitative estimate of drug-likeness (QED) is 0.837. The van der Waals surface area contributed by atoms with E-state index in [1.54, 1.807) is 7.11 Å². The number of nitrogens with one attached hydrogen (secondary N) is 2. The summed E-state index contributed by atoms with van der Waals surface area (Å²) in [6.07, 6.45) is 0. The van der Waals surface area contributed by atoms with Gasteiger partial charge in [0.1, 0.15) is 5.75 Å². The Balaban J connectivity index is 1.35. The highest BCUT2D eigenvalue weighted by Crippen LogP contribution is 2.20. The summed E-state index contributed by atoms with van der Waals surface area (Å²) in [5, 5.41) is 5.75. The lowest BCUT2D eigenvalue weighted by molar-refractivity contribution is 0.240. The highest BCUT2D eigenvalue weighted by molar-refractivity contribution is 5.89. The molecule has 2 N–H and O–H groups in total. The predicted molar refractivity (Wildman–Crippen MR) is 105 cm³/mol. The summed E-state index contributed by atoms with van der Waals surface area (Å²) in [6, 6.07) is 17.5. The van der Waals surface area contributed by atoms with Crippen molar-refractivity contribution >= 4 is 17.4 Å². The predicted octanol–water partition coefficient (Wildman–Crippen LogP) is 2.64. The van der Waals surface area contributed by atoms with E-state index in [1.807, 2.05) is 42.5 Å². The average Bonchev–Trinajstić information content (AvgIpc) is 2.69. The van der Waals surface area contributed by atoms with Gasteiger partial charge in [0.15, 0.2) is 0 Å². The van der Waals surface area contributed by atoms with Crippen molar-refractivity contribution in [1.82, 2.24) is 10.2 Å². The molecular formula is C20H26N4O2. The highest BCUT2D eigenvalue weighted by Gasteiger charge is 2.17. The summed E-state index contributed by atoms with van der Waals surface area (Å²) < 4.78 is 5.21. The Morgan fingerprint density at radius 1 is 1.00 bits per heavy atom. The van der Waals surface area contributed by atoms with E-state index in [0.717, 1.165) is 44.2 Å². The lowest BCUT2D eigenvalue weighted by atomic mass is 10.2. The Kier molecular flexibility index (Phi) is 6.33. The summed E-state index contributed by atoms with van der Waals surface area (Å²) in [6.45, 7) is 5.47. The number of carbonyl (C=O) groups is 1. The molecule has 0 aromatic heterocycles. The fourth-order valence-electron chi connectivity index (χ4n) is 3.05. The van der Waals surface area contributed by atoms with Crippen LogP contribution in [0.1, 0.15) is 0 Å². The number of amides is 2. The Morgan fingerprint density at radius 3 is 2.35 bits per heavy atom. The first kappa shape index (κ1) is 18.1. The first-order valence-corrected chi connectivity index (χ1v) is 8.96. The zero-order valence-electron chi connectivity index (χ0n) is 15.1. The van der Waals surface area contributed by atoms with Gasteiger partial charge in [-0.05, 0) is 36.4 Å². The molecule has 2 aromatic rings. The first-order chi connectivity index (χ1) is 12.7. The molecule has 3 rings (SSSR count). The minimum Gasteiger partial charge on any atom is -0.497 e. The van der Waals surface area contributed by atoms with Crippen LogP contribution in [0.4, 0.5) is 16.2 Å². The molecule has 1 saturated heterocycles. The molecule has 0 unspecified atom stereocenters. The number of rotatable bonds is 6. The van der Waals surface area contributed by atoms with E-state index in [9.17, 15) is 4.79 Å². The van der Waals surface area contributed by atoms with Crippen LogP contribution in [0.15, 0.2) is 54.6 Å². The molecule has 1 aliphatic heterocycles. The molecule has 0 atom stereocenters. The third-order valence-electron chi connectivity index (χ3n) is 4.56. The standard InChI is InChI=1S/C20H26N4O2/c1-26-19-9-7-18(8-10-19)24-15-13-23(14-16-24)12-11-21-20(25)22-17-5-3-2-4-6-17/h2-10H,11-16H2,1H3,(H2,21,22,25). The van der Waals surface area contributed by atoms with Crippen molar-refractivity contribution in [2.45, 2.75) is 0 Å². The Labute approximate surface area is 154 Å². The van der Waals surface area contributed by atoms with Crippen molar-refractivity contribution in [3.8, 4) is 5.75 Å². The summed E-state index contributed by atoms with van der Waals surface area (Å²) in [5.74, 6) is 0.882. The van der Waals surface area contributed by atoms with Gasteiger partial charge in [-0.15, -0.1) is 0 Å². The molecule has 0 radical (unpaired) electrons. The topological polar surface area (TPSA) is 56.8 Å². The fourth-order valence-corrected chi connectivity index (χ4v) is 3.05. The lowest BCUT2D eigenvalue weighted by Crippen LogP contribution is -2.48. The maximum Gasteiger partial charge on any atom is 0.319 e. The third kappa shape index (κ3) is 5.13. The zero-order valence-corrected chi connectivity index (χ0v) is 15.1. The number of anilines is 2. The number of nitrogens with zero attached hydrogens (tertiary/aromatic N) is 2. The molecule has 1 fully saturated rings. The molecule has 0 saturated carbocycles. The van der Waals surface area contributed by atoms with Crippen LogP contribution in [0.2, 0.25) is 0 Å². The van der Waals surface area contributed by atoms with E-state index < -0.39 is 0 Å². The number of ether oxygens (including phenoxy) is 1. The second kappa shape index (κ2) is 9.10. The molecule has 1 heterocycles. The van der Waals surface area contributed by atoms with Gasteiger partial charge in [-0.2, -0.15) is 0 Å². The molecule has 2 aromatic carbocycles. The molecule has 0 aliphatic carbocycles. The summed E-state index contributed by atoms with van der Waals surface area (Å²) in [5.41, 5.74) is 2.03. The summed E-state index contributed by atoms with van der Waals surface area (Å²) in [7, 11) is 1.68. The van der Waals surface area contributed by atoms with E-state index in [-0.39, 0.29) is 6.03 Å². The molecule has 2 amide bonds. The molecule has 0 bridgehead atoms. The summed E-state index contributed by atoms with van der Waals surface area (Å²) >= 11 is 0. The van der Waals surface area contributed by atoms with Crippen LogP contribution in [0, 0.1) is 0 Å². The van der Waals surface area contributed by atoms with Crippen LogP contribution < -0.4 is 20.3 Å². The van der Waals surface area contributed by atoms with Gasteiger partial charge in [-0.1, -0.05) is 18.2 Å². The van der Waals surface area contributed by atoms with Crippen LogP contribution in [-0.2, 0) is 0 Å². The number of methoxy groups -OCH3 is 1. The van der Waals surface area contributed by atoms with E-state index >= 15 is 0 Å². The monoisotopic (exact) mass is 354 g/mol. The maximum atomic E-state index is 11.9. The molecule has 138 valence electrons. The second-order valence-electron chi connectivity index (χ2n) is 6.27. The van der Waals surface area contributed by atoms with Gasteiger partial charge >= 0.3 is 6.03 Å².